The molecule has 0 saturated heterocycles. The van der Waals surface area contributed by atoms with Gasteiger partial charge < -0.3 is 4.74 Å². The highest BCUT2D eigenvalue weighted by atomic mass is 16.5. The second-order valence-electron chi connectivity index (χ2n) is 4.37. The Morgan fingerprint density at radius 3 is 2.58 bits per heavy atom. The van der Waals surface area contributed by atoms with Crippen molar-refractivity contribution in [1.82, 2.24) is 4.98 Å². The summed E-state index contributed by atoms with van der Waals surface area (Å²) < 4.78 is 5.49. The van der Waals surface area contributed by atoms with E-state index in [1.165, 1.54) is 0 Å². The Morgan fingerprint density at radius 1 is 1.21 bits per heavy atom. The molecule has 0 N–H and O–H groups in total. The zero-order valence-electron chi connectivity index (χ0n) is 11.2. The largest absolute Gasteiger partial charge is 0.494 e. The Morgan fingerprint density at radius 2 is 1.95 bits per heavy atom. The number of carbonyl (C=O) groups is 1. The lowest BCUT2D eigenvalue weighted by Crippen LogP contribution is -2.06. The van der Waals surface area contributed by atoms with Gasteiger partial charge in [-0.3, -0.25) is 9.78 Å². The monoisotopic (exact) mass is 255 g/mol. The number of ketones is 1. The summed E-state index contributed by atoms with van der Waals surface area (Å²) in [5.41, 5.74) is 2.02. The fourth-order valence-electron chi connectivity index (χ4n) is 1.78. The van der Waals surface area contributed by atoms with Gasteiger partial charge in [0, 0.05) is 11.8 Å². The molecule has 98 valence electrons. The van der Waals surface area contributed by atoms with Gasteiger partial charge >= 0.3 is 0 Å². The van der Waals surface area contributed by atoms with Crippen LogP contribution >= 0.6 is 0 Å². The molecular weight excluding hydrogens is 238 g/mol. The van der Waals surface area contributed by atoms with E-state index in [9.17, 15) is 4.79 Å². The third-order valence-electron chi connectivity index (χ3n) is 2.81. The van der Waals surface area contributed by atoms with Crippen molar-refractivity contribution in [3.05, 3.63) is 59.4 Å². The molecule has 0 unspecified atom stereocenters. The van der Waals surface area contributed by atoms with Crippen LogP contribution in [-0.2, 0) is 0 Å². The number of benzene rings is 1. The molecule has 0 radical (unpaired) electrons. The van der Waals surface area contributed by atoms with Gasteiger partial charge in [0.2, 0.25) is 5.78 Å². The summed E-state index contributed by atoms with van der Waals surface area (Å²) in [5, 5.41) is 0. The highest BCUT2D eigenvalue weighted by Gasteiger charge is 2.12. The molecule has 0 spiro atoms. The molecule has 0 aliphatic carbocycles. The van der Waals surface area contributed by atoms with E-state index in [1.54, 1.807) is 18.3 Å². The Kier molecular flexibility index (Phi) is 4.29. The smallest absolute Gasteiger partial charge is 0.211 e. The number of aryl methyl sites for hydroxylation is 1. The summed E-state index contributed by atoms with van der Waals surface area (Å²) in [5.74, 6) is 0.733. The fraction of sp³-hybridized carbons (Fsp3) is 0.250. The molecule has 2 rings (SSSR count). The number of carbonyl (C=O) groups excluding carboxylic acids is 1. The van der Waals surface area contributed by atoms with Crippen LogP contribution in [-0.4, -0.2) is 17.4 Å². The molecule has 1 aromatic heterocycles. The Labute approximate surface area is 113 Å². The summed E-state index contributed by atoms with van der Waals surface area (Å²) in [6.45, 7) is 4.63. The molecule has 19 heavy (non-hydrogen) atoms. The fourth-order valence-corrected chi connectivity index (χ4v) is 1.78. The minimum Gasteiger partial charge on any atom is -0.494 e. The van der Waals surface area contributed by atoms with Gasteiger partial charge in [-0.1, -0.05) is 13.0 Å². The molecule has 0 bridgehead atoms. The van der Waals surface area contributed by atoms with Crippen molar-refractivity contribution in [2.45, 2.75) is 20.3 Å². The summed E-state index contributed by atoms with van der Waals surface area (Å²) in [7, 11) is 0. The van der Waals surface area contributed by atoms with E-state index in [-0.39, 0.29) is 5.78 Å². The highest BCUT2D eigenvalue weighted by Crippen LogP contribution is 2.16. The first-order chi connectivity index (χ1) is 9.22. The minimum absolute atomic E-state index is 0.0554. The highest BCUT2D eigenvalue weighted by molar-refractivity contribution is 6.08. The van der Waals surface area contributed by atoms with Crippen molar-refractivity contribution in [2.24, 2.45) is 0 Å². The van der Waals surface area contributed by atoms with Gasteiger partial charge in [-0.05, 0) is 49.2 Å². The van der Waals surface area contributed by atoms with Crippen molar-refractivity contribution in [1.29, 1.82) is 0 Å². The molecule has 2 aromatic rings. The van der Waals surface area contributed by atoms with Gasteiger partial charge in [-0.2, -0.15) is 0 Å². The third kappa shape index (κ3) is 3.19. The van der Waals surface area contributed by atoms with Crippen LogP contribution in [0.5, 0.6) is 5.75 Å². The van der Waals surface area contributed by atoms with Crippen LogP contribution in [0.4, 0.5) is 0 Å². The van der Waals surface area contributed by atoms with Gasteiger partial charge in [0.25, 0.3) is 0 Å². The van der Waals surface area contributed by atoms with E-state index in [0.29, 0.717) is 17.9 Å². The quantitative estimate of drug-likeness (QED) is 0.768. The predicted molar refractivity (Wildman–Crippen MR) is 74.6 cm³/mol. The van der Waals surface area contributed by atoms with Crippen LogP contribution in [0.15, 0.2) is 42.6 Å². The molecular formula is C16H17NO2. The third-order valence-corrected chi connectivity index (χ3v) is 2.81. The average molecular weight is 255 g/mol. The number of nitrogens with zero attached hydrogens (tertiary/aromatic N) is 1. The number of ether oxygens (including phenoxy) is 1. The Bertz CT molecular complexity index is 561. The number of hydrogen-bond donors (Lipinski definition) is 0. The molecule has 0 amide bonds. The molecule has 1 aromatic carbocycles. The van der Waals surface area contributed by atoms with Crippen molar-refractivity contribution in [3.8, 4) is 5.75 Å². The molecule has 0 aliphatic heterocycles. The zero-order chi connectivity index (χ0) is 13.7. The predicted octanol–water partition coefficient (Wildman–Crippen LogP) is 3.41. The first-order valence-corrected chi connectivity index (χ1v) is 6.41. The number of hydrogen-bond acceptors (Lipinski definition) is 3. The average Bonchev–Trinajstić information content (AvgIpc) is 2.45. The zero-order valence-corrected chi connectivity index (χ0v) is 11.2. The molecule has 0 saturated carbocycles. The van der Waals surface area contributed by atoms with Gasteiger partial charge in [0.15, 0.2) is 0 Å². The number of rotatable bonds is 5. The topological polar surface area (TPSA) is 39.2 Å². The van der Waals surface area contributed by atoms with Crippen LogP contribution < -0.4 is 4.74 Å². The summed E-state index contributed by atoms with van der Waals surface area (Å²) in [6, 6.07) is 10.9. The van der Waals surface area contributed by atoms with Crippen LogP contribution in [0, 0.1) is 6.92 Å². The second kappa shape index (κ2) is 6.14. The minimum atomic E-state index is -0.0554. The lowest BCUT2D eigenvalue weighted by atomic mass is 10.0. The number of pyridine rings is 1. The molecule has 0 fully saturated rings. The second-order valence-corrected chi connectivity index (χ2v) is 4.37. The van der Waals surface area contributed by atoms with Crippen molar-refractivity contribution in [2.75, 3.05) is 6.61 Å². The molecule has 0 atom stereocenters. The maximum atomic E-state index is 12.3. The summed E-state index contributed by atoms with van der Waals surface area (Å²) in [6.07, 6.45) is 2.60. The van der Waals surface area contributed by atoms with E-state index in [4.69, 9.17) is 4.74 Å². The first-order valence-electron chi connectivity index (χ1n) is 6.41. The van der Waals surface area contributed by atoms with Crippen molar-refractivity contribution < 1.29 is 9.53 Å². The summed E-state index contributed by atoms with van der Waals surface area (Å²) >= 11 is 0. The van der Waals surface area contributed by atoms with Gasteiger partial charge in [0.1, 0.15) is 11.4 Å². The van der Waals surface area contributed by atoms with Gasteiger partial charge in [-0.25, -0.2) is 0 Å². The van der Waals surface area contributed by atoms with Crippen molar-refractivity contribution >= 4 is 5.78 Å². The summed E-state index contributed by atoms with van der Waals surface area (Å²) in [4.78, 5) is 16.4. The van der Waals surface area contributed by atoms with E-state index >= 15 is 0 Å². The van der Waals surface area contributed by atoms with Crippen LogP contribution in [0.25, 0.3) is 0 Å². The molecule has 3 heteroatoms. The van der Waals surface area contributed by atoms with E-state index in [1.807, 2.05) is 31.2 Å². The molecule has 3 nitrogen and oxygen atoms in total. The lowest BCUT2D eigenvalue weighted by molar-refractivity contribution is 0.103. The molecule has 0 aliphatic rings. The Balaban J connectivity index is 2.18. The normalized spacial score (nSPS) is 10.2. The van der Waals surface area contributed by atoms with Gasteiger partial charge in [0.05, 0.1) is 6.61 Å². The van der Waals surface area contributed by atoms with Crippen LogP contribution in [0.2, 0.25) is 0 Å². The van der Waals surface area contributed by atoms with E-state index in [0.717, 1.165) is 17.7 Å². The van der Waals surface area contributed by atoms with E-state index < -0.39 is 0 Å². The Hall–Kier alpha value is -2.16. The standard InChI is InChI=1S/C16H17NO2/c1-3-11-19-14-8-6-13(7-9-14)16(18)15-12(2)5-4-10-17-15/h4-10H,3,11H2,1-2H3. The maximum Gasteiger partial charge on any atom is 0.211 e. The van der Waals surface area contributed by atoms with E-state index in [2.05, 4.69) is 11.9 Å². The van der Waals surface area contributed by atoms with Crippen LogP contribution in [0.1, 0.15) is 35.0 Å². The lowest BCUT2D eigenvalue weighted by Gasteiger charge is -2.06. The SMILES string of the molecule is CCCOc1ccc(C(=O)c2ncccc2C)cc1. The van der Waals surface area contributed by atoms with Gasteiger partial charge in [-0.15, -0.1) is 0 Å². The molecule has 1 heterocycles. The number of aromatic nitrogens is 1. The first kappa shape index (κ1) is 13.3. The van der Waals surface area contributed by atoms with Crippen molar-refractivity contribution in [3.63, 3.8) is 0 Å². The van der Waals surface area contributed by atoms with Crippen LogP contribution in [0.3, 0.4) is 0 Å². The maximum absolute atomic E-state index is 12.3.